The summed E-state index contributed by atoms with van der Waals surface area (Å²) >= 11 is 0. The summed E-state index contributed by atoms with van der Waals surface area (Å²) in [5.41, 5.74) is 0. The lowest BCUT2D eigenvalue weighted by atomic mass is 10.3. The molecule has 0 fully saturated rings. The molecule has 0 aromatic heterocycles. The van der Waals surface area contributed by atoms with E-state index in [2.05, 4.69) is 20.7 Å². The first-order valence-corrected chi connectivity index (χ1v) is 3.17. The average molecular weight is 194 g/mol. The van der Waals surface area contributed by atoms with E-state index in [1.54, 1.807) is 0 Å². The number of quaternary nitrogens is 1. The van der Waals surface area contributed by atoms with Gasteiger partial charge in [0.05, 0.1) is 20.6 Å². The molecule has 0 radical (unpaired) electrons. The molecular formula is C7H16BrN. The van der Waals surface area contributed by atoms with Crippen LogP contribution in [0, 0.1) is 0 Å². The lowest BCUT2D eigenvalue weighted by Gasteiger charge is -2.03. The quantitative estimate of drug-likeness (QED) is 0.362. The van der Waals surface area contributed by atoms with Crippen LogP contribution in [0.4, 0.5) is 0 Å². The predicted molar refractivity (Wildman–Crippen MR) is 37.1 cm³/mol. The molecule has 2 heteroatoms. The molecule has 0 saturated carbocycles. The molecular weight excluding hydrogens is 178 g/mol. The average Bonchev–Trinajstić information content (AvgIpc) is 1.66. The van der Waals surface area contributed by atoms with Crippen LogP contribution in [-0.2, 0) is 0 Å². The van der Waals surface area contributed by atoms with Crippen LogP contribution in [0.3, 0.4) is 0 Å². The Hall–Kier alpha value is 0.180. The van der Waals surface area contributed by atoms with E-state index in [0.29, 0.717) is 0 Å². The topological polar surface area (TPSA) is 4.44 Å². The molecule has 0 unspecified atom stereocenters. The van der Waals surface area contributed by atoms with Gasteiger partial charge in [-0.1, -0.05) is 6.08 Å². The zero-order valence-corrected chi connectivity index (χ0v) is 7.87. The van der Waals surface area contributed by atoms with Crippen molar-refractivity contribution in [1.29, 1.82) is 0 Å². The van der Waals surface area contributed by atoms with E-state index in [1.165, 1.54) is 17.9 Å². The Morgan fingerprint density at radius 2 is 2.00 bits per heavy atom. The van der Waals surface area contributed by atoms with Gasteiger partial charge in [-0.15, -0.1) is 6.58 Å². The summed E-state index contributed by atoms with van der Waals surface area (Å²) in [7, 11) is 4.34. The molecule has 0 bridgehead atoms. The minimum absolute atomic E-state index is 0. The Balaban J connectivity index is 0. The van der Waals surface area contributed by atoms with Gasteiger partial charge in [-0.25, -0.2) is 0 Å². The summed E-state index contributed by atoms with van der Waals surface area (Å²) in [5, 5.41) is 0. The fourth-order valence-electron chi connectivity index (χ4n) is 0.600. The van der Waals surface area contributed by atoms with E-state index in [1.807, 2.05) is 6.08 Å². The molecule has 0 aliphatic heterocycles. The number of hydrogen-bond acceptors (Lipinski definition) is 0. The third kappa shape index (κ3) is 11.6. The Kier molecular flexibility index (Phi) is 10.8. The summed E-state index contributed by atoms with van der Waals surface area (Å²) in [5.74, 6) is 0. The molecule has 0 aromatic rings. The second-order valence-corrected chi connectivity index (χ2v) is 2.39. The summed E-state index contributed by atoms with van der Waals surface area (Å²) in [4.78, 5) is 1.52. The summed E-state index contributed by atoms with van der Waals surface area (Å²) in [6, 6.07) is 0. The number of nitrogens with one attached hydrogen (secondary N) is 1. The van der Waals surface area contributed by atoms with Gasteiger partial charge in [0.25, 0.3) is 0 Å². The van der Waals surface area contributed by atoms with E-state index in [4.69, 9.17) is 0 Å². The highest BCUT2D eigenvalue weighted by Gasteiger charge is 1.88. The van der Waals surface area contributed by atoms with E-state index in [9.17, 15) is 0 Å². The largest absolute Gasteiger partial charge is 1.00 e. The summed E-state index contributed by atoms with van der Waals surface area (Å²) in [6.45, 7) is 4.90. The van der Waals surface area contributed by atoms with Crippen molar-refractivity contribution >= 4 is 0 Å². The molecule has 56 valence electrons. The van der Waals surface area contributed by atoms with Crippen LogP contribution in [0.25, 0.3) is 0 Å². The molecule has 0 spiro atoms. The van der Waals surface area contributed by atoms with Crippen molar-refractivity contribution in [2.45, 2.75) is 12.8 Å². The number of rotatable bonds is 4. The smallest absolute Gasteiger partial charge is 0.0769 e. The minimum atomic E-state index is 0. The fraction of sp³-hybridized carbons (Fsp3) is 0.714. The highest BCUT2D eigenvalue weighted by atomic mass is 79.9. The molecule has 0 aliphatic carbocycles. The van der Waals surface area contributed by atoms with Crippen molar-refractivity contribution in [2.75, 3.05) is 20.6 Å². The highest BCUT2D eigenvalue weighted by Crippen LogP contribution is 1.82. The number of unbranched alkanes of at least 4 members (excludes halogenated alkanes) is 1. The second-order valence-electron chi connectivity index (χ2n) is 2.39. The SMILES string of the molecule is C=CCCC[NH+](C)C.[Br-]. The number of hydrogen-bond donors (Lipinski definition) is 1. The highest BCUT2D eigenvalue weighted by molar-refractivity contribution is 4.64. The lowest BCUT2D eigenvalue weighted by Crippen LogP contribution is -3.05. The maximum absolute atomic E-state index is 3.65. The first-order chi connectivity index (χ1) is 3.77. The van der Waals surface area contributed by atoms with Crippen molar-refractivity contribution in [3.63, 3.8) is 0 Å². The molecule has 0 aliphatic rings. The molecule has 1 nitrogen and oxygen atoms in total. The number of halogens is 1. The van der Waals surface area contributed by atoms with Crippen LogP contribution in [-0.4, -0.2) is 20.6 Å². The van der Waals surface area contributed by atoms with Crippen LogP contribution in [0.1, 0.15) is 12.8 Å². The molecule has 9 heavy (non-hydrogen) atoms. The third-order valence-corrected chi connectivity index (χ3v) is 1.09. The third-order valence-electron chi connectivity index (χ3n) is 1.09. The zero-order chi connectivity index (χ0) is 6.41. The van der Waals surface area contributed by atoms with Gasteiger partial charge in [-0.3, -0.25) is 0 Å². The molecule has 1 N–H and O–H groups in total. The molecule has 0 saturated heterocycles. The van der Waals surface area contributed by atoms with Crippen molar-refractivity contribution in [1.82, 2.24) is 0 Å². The first-order valence-electron chi connectivity index (χ1n) is 3.17. The van der Waals surface area contributed by atoms with Gasteiger partial charge >= 0.3 is 0 Å². The van der Waals surface area contributed by atoms with E-state index >= 15 is 0 Å². The van der Waals surface area contributed by atoms with E-state index in [-0.39, 0.29) is 17.0 Å². The van der Waals surface area contributed by atoms with Crippen LogP contribution in [0.2, 0.25) is 0 Å². The van der Waals surface area contributed by atoms with Crippen molar-refractivity contribution < 1.29 is 21.9 Å². The van der Waals surface area contributed by atoms with Gasteiger partial charge in [0.2, 0.25) is 0 Å². The van der Waals surface area contributed by atoms with Gasteiger partial charge in [-0.05, 0) is 12.8 Å². The summed E-state index contributed by atoms with van der Waals surface area (Å²) < 4.78 is 0. The minimum Gasteiger partial charge on any atom is -1.00 e. The maximum atomic E-state index is 3.65. The van der Waals surface area contributed by atoms with Gasteiger partial charge in [-0.2, -0.15) is 0 Å². The van der Waals surface area contributed by atoms with Crippen molar-refractivity contribution in [3.8, 4) is 0 Å². The number of allylic oxidation sites excluding steroid dienone is 1. The van der Waals surface area contributed by atoms with Gasteiger partial charge in [0.1, 0.15) is 0 Å². The lowest BCUT2D eigenvalue weighted by molar-refractivity contribution is -0.858. The Morgan fingerprint density at radius 1 is 1.44 bits per heavy atom. The van der Waals surface area contributed by atoms with Crippen LogP contribution in [0.15, 0.2) is 12.7 Å². The van der Waals surface area contributed by atoms with Gasteiger partial charge in [0, 0.05) is 0 Å². The first kappa shape index (κ1) is 11.9. The van der Waals surface area contributed by atoms with Crippen molar-refractivity contribution in [2.24, 2.45) is 0 Å². The second kappa shape index (κ2) is 8.18. The summed E-state index contributed by atoms with van der Waals surface area (Å²) in [6.07, 6.45) is 4.40. The van der Waals surface area contributed by atoms with Gasteiger partial charge in [0.15, 0.2) is 0 Å². The Bertz CT molecular complexity index is 61.9. The monoisotopic (exact) mass is 193 g/mol. The van der Waals surface area contributed by atoms with E-state index < -0.39 is 0 Å². The standard InChI is InChI=1S/C7H15N.BrH/c1-4-5-6-7-8(2)3;/h4H,1,5-7H2,2-3H3;1H. The Morgan fingerprint density at radius 3 is 2.33 bits per heavy atom. The molecule has 0 aromatic carbocycles. The molecule has 0 atom stereocenters. The Labute approximate surface area is 68.5 Å². The van der Waals surface area contributed by atoms with Crippen molar-refractivity contribution in [3.05, 3.63) is 12.7 Å². The van der Waals surface area contributed by atoms with Crippen LogP contribution in [0.5, 0.6) is 0 Å². The normalized spacial score (nSPS) is 8.78. The van der Waals surface area contributed by atoms with Crippen LogP contribution < -0.4 is 21.9 Å². The van der Waals surface area contributed by atoms with Crippen LogP contribution >= 0.6 is 0 Å². The zero-order valence-electron chi connectivity index (χ0n) is 6.28. The molecule has 0 amide bonds. The van der Waals surface area contributed by atoms with Gasteiger partial charge < -0.3 is 21.9 Å². The molecule has 0 rings (SSSR count). The molecule has 0 heterocycles. The maximum Gasteiger partial charge on any atom is 0.0769 e. The fourth-order valence-corrected chi connectivity index (χ4v) is 0.600. The predicted octanol–water partition coefficient (Wildman–Crippen LogP) is -2.90. The van der Waals surface area contributed by atoms with E-state index in [0.717, 1.165) is 6.42 Å².